The van der Waals surface area contributed by atoms with Crippen molar-refractivity contribution < 1.29 is 4.74 Å². The molecule has 1 aliphatic carbocycles. The van der Waals surface area contributed by atoms with E-state index in [0.29, 0.717) is 6.61 Å². The number of ether oxygens (including phenoxy) is 1. The van der Waals surface area contributed by atoms with Gasteiger partial charge in [0.25, 0.3) is 0 Å². The van der Waals surface area contributed by atoms with Crippen LogP contribution >= 0.6 is 11.3 Å². The van der Waals surface area contributed by atoms with Gasteiger partial charge in [-0.2, -0.15) is 0 Å². The lowest BCUT2D eigenvalue weighted by atomic mass is 10.1. The quantitative estimate of drug-likeness (QED) is 0.809. The van der Waals surface area contributed by atoms with E-state index in [1.165, 1.54) is 18.4 Å². The second kappa shape index (κ2) is 7.05. The van der Waals surface area contributed by atoms with Crippen molar-refractivity contribution in [1.29, 1.82) is 0 Å². The molecule has 1 aromatic carbocycles. The largest absolute Gasteiger partial charge is 0.493 e. The van der Waals surface area contributed by atoms with Crippen LogP contribution in [0.3, 0.4) is 0 Å². The zero-order valence-corrected chi connectivity index (χ0v) is 13.3. The lowest BCUT2D eigenvalue weighted by molar-refractivity contribution is 0.318. The molecule has 1 aliphatic rings. The Balaban J connectivity index is 1.46. The van der Waals surface area contributed by atoms with E-state index in [9.17, 15) is 0 Å². The summed E-state index contributed by atoms with van der Waals surface area (Å²) < 4.78 is 5.90. The van der Waals surface area contributed by atoms with Gasteiger partial charge in [-0.05, 0) is 30.9 Å². The fourth-order valence-corrected chi connectivity index (χ4v) is 3.05. The minimum absolute atomic E-state index is 0.694. The number of aryl methyl sites for hydroxylation is 1. The average Bonchev–Trinajstić information content (AvgIpc) is 3.24. The molecule has 1 saturated carbocycles. The molecule has 0 atom stereocenters. The molecular formula is C17H22N2OS. The minimum Gasteiger partial charge on any atom is -0.493 e. The van der Waals surface area contributed by atoms with Crippen molar-refractivity contribution >= 4 is 11.3 Å². The van der Waals surface area contributed by atoms with Crippen LogP contribution in [0.4, 0.5) is 0 Å². The fourth-order valence-electron chi connectivity index (χ4n) is 2.27. The summed E-state index contributed by atoms with van der Waals surface area (Å²) in [7, 11) is 0. The highest BCUT2D eigenvalue weighted by atomic mass is 32.1. The van der Waals surface area contributed by atoms with Gasteiger partial charge in [-0.15, -0.1) is 11.3 Å². The van der Waals surface area contributed by atoms with Crippen LogP contribution in [0, 0.1) is 0 Å². The Morgan fingerprint density at radius 1 is 1.33 bits per heavy atom. The number of hydrogen-bond acceptors (Lipinski definition) is 4. The van der Waals surface area contributed by atoms with E-state index in [0.717, 1.165) is 41.9 Å². The van der Waals surface area contributed by atoms with Crippen molar-refractivity contribution in [3.05, 3.63) is 45.9 Å². The normalized spacial score (nSPS) is 14.3. The van der Waals surface area contributed by atoms with Gasteiger partial charge in [0.1, 0.15) is 5.75 Å². The molecule has 3 nitrogen and oxygen atoms in total. The van der Waals surface area contributed by atoms with E-state index in [-0.39, 0.29) is 0 Å². The van der Waals surface area contributed by atoms with Gasteiger partial charge in [-0.3, -0.25) is 0 Å². The maximum absolute atomic E-state index is 5.90. The SMILES string of the molecule is CCc1ccccc1OCCc1nc(CNC2CC2)cs1. The molecule has 0 saturated heterocycles. The monoisotopic (exact) mass is 302 g/mol. The highest BCUT2D eigenvalue weighted by molar-refractivity contribution is 7.09. The number of rotatable bonds is 8. The predicted octanol–water partition coefficient (Wildman–Crippen LogP) is 3.58. The van der Waals surface area contributed by atoms with Crippen LogP contribution in [-0.4, -0.2) is 17.6 Å². The molecule has 21 heavy (non-hydrogen) atoms. The molecule has 1 fully saturated rings. The van der Waals surface area contributed by atoms with Gasteiger partial charge in [0, 0.05) is 24.4 Å². The number of hydrogen-bond donors (Lipinski definition) is 1. The van der Waals surface area contributed by atoms with Crippen molar-refractivity contribution in [1.82, 2.24) is 10.3 Å². The first-order valence-corrected chi connectivity index (χ1v) is 8.60. The number of aromatic nitrogens is 1. The highest BCUT2D eigenvalue weighted by Gasteiger charge is 2.20. The van der Waals surface area contributed by atoms with Crippen molar-refractivity contribution in [3.63, 3.8) is 0 Å². The average molecular weight is 302 g/mol. The number of benzene rings is 1. The topological polar surface area (TPSA) is 34.1 Å². The van der Waals surface area contributed by atoms with Gasteiger partial charge in [0.05, 0.1) is 17.3 Å². The molecule has 0 bridgehead atoms. The molecule has 3 rings (SSSR count). The van der Waals surface area contributed by atoms with Crippen LogP contribution in [0.15, 0.2) is 29.6 Å². The van der Waals surface area contributed by atoms with Gasteiger partial charge in [0.15, 0.2) is 0 Å². The van der Waals surface area contributed by atoms with Gasteiger partial charge in [-0.1, -0.05) is 25.1 Å². The molecule has 0 unspecified atom stereocenters. The molecule has 4 heteroatoms. The second-order valence-corrected chi connectivity index (χ2v) is 6.39. The molecule has 1 heterocycles. The summed E-state index contributed by atoms with van der Waals surface area (Å²) in [4.78, 5) is 4.66. The summed E-state index contributed by atoms with van der Waals surface area (Å²) in [6.45, 7) is 3.75. The summed E-state index contributed by atoms with van der Waals surface area (Å²) in [5, 5.41) is 6.82. The summed E-state index contributed by atoms with van der Waals surface area (Å²) in [5.41, 5.74) is 2.43. The summed E-state index contributed by atoms with van der Waals surface area (Å²) >= 11 is 1.74. The number of nitrogens with zero attached hydrogens (tertiary/aromatic N) is 1. The lowest BCUT2D eigenvalue weighted by Crippen LogP contribution is -2.15. The Hall–Kier alpha value is -1.39. The molecule has 0 spiro atoms. The van der Waals surface area contributed by atoms with E-state index in [2.05, 4.69) is 34.7 Å². The predicted molar refractivity (Wildman–Crippen MR) is 87.0 cm³/mol. The molecule has 0 radical (unpaired) electrons. The second-order valence-electron chi connectivity index (χ2n) is 5.45. The van der Waals surface area contributed by atoms with E-state index < -0.39 is 0 Å². The van der Waals surface area contributed by atoms with Gasteiger partial charge in [-0.25, -0.2) is 4.98 Å². The minimum atomic E-state index is 0.694. The van der Waals surface area contributed by atoms with Crippen molar-refractivity contribution in [3.8, 4) is 5.75 Å². The number of para-hydroxylation sites is 1. The van der Waals surface area contributed by atoms with Crippen LogP contribution < -0.4 is 10.1 Å². The fraction of sp³-hybridized carbons (Fsp3) is 0.471. The van der Waals surface area contributed by atoms with E-state index in [1.807, 2.05) is 12.1 Å². The molecule has 2 aromatic rings. The van der Waals surface area contributed by atoms with Gasteiger partial charge < -0.3 is 10.1 Å². The molecule has 112 valence electrons. The smallest absolute Gasteiger partial charge is 0.122 e. The van der Waals surface area contributed by atoms with E-state index in [4.69, 9.17) is 4.74 Å². The first kappa shape index (κ1) is 14.5. The van der Waals surface area contributed by atoms with Crippen molar-refractivity contribution in [2.24, 2.45) is 0 Å². The van der Waals surface area contributed by atoms with Gasteiger partial charge >= 0.3 is 0 Å². The van der Waals surface area contributed by atoms with Gasteiger partial charge in [0.2, 0.25) is 0 Å². The molecule has 0 amide bonds. The summed E-state index contributed by atoms with van der Waals surface area (Å²) in [5.74, 6) is 1.01. The van der Waals surface area contributed by atoms with E-state index >= 15 is 0 Å². The summed E-state index contributed by atoms with van der Waals surface area (Å²) in [6, 6.07) is 9.00. The number of nitrogens with one attached hydrogen (secondary N) is 1. The zero-order chi connectivity index (χ0) is 14.5. The molecule has 1 N–H and O–H groups in total. The maximum atomic E-state index is 5.90. The number of thiazole rings is 1. The first-order chi connectivity index (χ1) is 10.3. The Labute approximate surface area is 130 Å². The Morgan fingerprint density at radius 3 is 3.00 bits per heavy atom. The Morgan fingerprint density at radius 2 is 2.19 bits per heavy atom. The standard InChI is InChI=1S/C17H22N2OS/c1-2-13-5-3-4-6-16(13)20-10-9-17-19-15(12-21-17)11-18-14-7-8-14/h3-6,12,14,18H,2,7-11H2,1H3. The Kier molecular flexibility index (Phi) is 4.88. The van der Waals surface area contributed by atoms with Crippen LogP contribution in [0.25, 0.3) is 0 Å². The van der Waals surface area contributed by atoms with Crippen LogP contribution in [0.5, 0.6) is 5.75 Å². The summed E-state index contributed by atoms with van der Waals surface area (Å²) in [6.07, 6.45) is 4.53. The zero-order valence-electron chi connectivity index (χ0n) is 12.5. The van der Waals surface area contributed by atoms with Crippen LogP contribution in [0.2, 0.25) is 0 Å². The molecular weight excluding hydrogens is 280 g/mol. The molecule has 1 aromatic heterocycles. The van der Waals surface area contributed by atoms with E-state index in [1.54, 1.807) is 11.3 Å². The first-order valence-electron chi connectivity index (χ1n) is 7.72. The third-order valence-corrected chi connectivity index (χ3v) is 4.63. The highest BCUT2D eigenvalue weighted by Crippen LogP contribution is 2.20. The third kappa shape index (κ3) is 4.29. The lowest BCUT2D eigenvalue weighted by Gasteiger charge is -2.09. The maximum Gasteiger partial charge on any atom is 0.122 e. The molecule has 0 aliphatic heterocycles. The van der Waals surface area contributed by atoms with Crippen LogP contribution in [-0.2, 0) is 19.4 Å². The van der Waals surface area contributed by atoms with Crippen molar-refractivity contribution in [2.45, 2.75) is 45.2 Å². The third-order valence-electron chi connectivity index (χ3n) is 3.68. The Bertz CT molecular complexity index is 578. The van der Waals surface area contributed by atoms with Crippen LogP contribution in [0.1, 0.15) is 36.0 Å². The van der Waals surface area contributed by atoms with Crippen molar-refractivity contribution in [2.75, 3.05) is 6.61 Å².